The Morgan fingerprint density at radius 1 is 1.43 bits per heavy atom. The van der Waals surface area contributed by atoms with Crippen LogP contribution in [0.15, 0.2) is 31.4 Å². The fraction of sp³-hybridized carbons (Fsp3) is 0.231. The molecule has 0 atom stereocenters. The summed E-state index contributed by atoms with van der Waals surface area (Å²) in [6.45, 7) is 11.8. The standard InChI is InChI=1S/C13H15.Y/c1-5-11-7-8-12(6-2)13(9-11)10(3)4;/h7-9H,2-3,5H2,1,4H3;/q-1;. The molecule has 0 amide bonds. The first kappa shape index (κ1) is 13.8. The van der Waals surface area contributed by atoms with Crippen LogP contribution in [0.25, 0.3) is 5.57 Å². The maximum atomic E-state index is 3.94. The zero-order valence-corrected chi connectivity index (χ0v) is 11.8. The van der Waals surface area contributed by atoms with Crippen molar-refractivity contribution in [3.05, 3.63) is 54.1 Å². The van der Waals surface area contributed by atoms with E-state index in [1.807, 2.05) is 6.92 Å². The number of benzene rings is 1. The van der Waals surface area contributed by atoms with Crippen molar-refractivity contribution in [2.75, 3.05) is 0 Å². The Morgan fingerprint density at radius 2 is 2.07 bits per heavy atom. The first-order valence-corrected chi connectivity index (χ1v) is 4.51. The van der Waals surface area contributed by atoms with E-state index in [1.54, 1.807) is 0 Å². The summed E-state index contributed by atoms with van der Waals surface area (Å²) in [7, 11) is 0. The molecule has 0 nitrogen and oxygen atoms in total. The number of hydrogen-bond donors (Lipinski definition) is 0. The Kier molecular flexibility index (Phi) is 6.23. The topological polar surface area (TPSA) is 0 Å². The molecule has 0 heterocycles. The second kappa shape index (κ2) is 6.32. The van der Waals surface area contributed by atoms with E-state index in [0.717, 1.165) is 23.1 Å². The minimum absolute atomic E-state index is 0. The van der Waals surface area contributed by atoms with Gasteiger partial charge in [-0.1, -0.05) is 19.4 Å². The van der Waals surface area contributed by atoms with Crippen molar-refractivity contribution in [1.29, 1.82) is 0 Å². The third kappa shape index (κ3) is 3.18. The third-order valence-electron chi connectivity index (χ3n) is 2.14. The van der Waals surface area contributed by atoms with Crippen molar-refractivity contribution in [3.63, 3.8) is 0 Å². The molecular weight excluding hydrogens is 245 g/mol. The van der Waals surface area contributed by atoms with Crippen LogP contribution in [0.2, 0.25) is 0 Å². The Hall–Kier alpha value is -0.196. The van der Waals surface area contributed by atoms with Crippen LogP contribution in [0.4, 0.5) is 0 Å². The SMILES string of the molecule is C=[C-]c1ccc(CC)cc1C(=C)C.[Y]. The quantitative estimate of drug-likeness (QED) is 0.728. The molecule has 1 rings (SSSR count). The molecule has 71 valence electrons. The molecule has 1 heteroatoms. The third-order valence-corrected chi connectivity index (χ3v) is 2.14. The largest absolute Gasteiger partial charge is 0.186 e. The fourth-order valence-electron chi connectivity index (χ4n) is 1.32. The van der Waals surface area contributed by atoms with Crippen LogP contribution in [0.3, 0.4) is 0 Å². The molecular formula is C13H15Y-. The second-order valence-electron chi connectivity index (χ2n) is 3.19. The van der Waals surface area contributed by atoms with Gasteiger partial charge in [0.1, 0.15) is 0 Å². The molecule has 1 aromatic rings. The first-order chi connectivity index (χ1) is 6.19. The molecule has 0 saturated carbocycles. The maximum Gasteiger partial charge on any atom is 0 e. The maximum absolute atomic E-state index is 3.94. The van der Waals surface area contributed by atoms with Gasteiger partial charge in [0.2, 0.25) is 0 Å². The van der Waals surface area contributed by atoms with Gasteiger partial charge >= 0.3 is 0 Å². The van der Waals surface area contributed by atoms with Crippen molar-refractivity contribution in [2.45, 2.75) is 20.3 Å². The molecule has 1 radical (unpaired) electrons. The van der Waals surface area contributed by atoms with Gasteiger partial charge in [0.15, 0.2) is 0 Å². The molecule has 0 fully saturated rings. The summed E-state index contributed by atoms with van der Waals surface area (Å²) < 4.78 is 0. The minimum Gasteiger partial charge on any atom is -0.186 e. The minimum atomic E-state index is 0. The Bertz CT molecular complexity index is 337. The Labute approximate surface area is 112 Å². The average molecular weight is 260 g/mol. The molecule has 0 saturated heterocycles. The van der Waals surface area contributed by atoms with Crippen LogP contribution >= 0.6 is 0 Å². The van der Waals surface area contributed by atoms with Crippen LogP contribution in [0, 0.1) is 6.08 Å². The average Bonchev–Trinajstić information content (AvgIpc) is 2.16. The van der Waals surface area contributed by atoms with Crippen molar-refractivity contribution in [2.24, 2.45) is 0 Å². The summed E-state index contributed by atoms with van der Waals surface area (Å²) in [6.07, 6.45) is 3.97. The van der Waals surface area contributed by atoms with Gasteiger partial charge in [0.25, 0.3) is 0 Å². The normalized spacial score (nSPS) is 9.00. The summed E-state index contributed by atoms with van der Waals surface area (Å²) in [4.78, 5) is 0. The van der Waals surface area contributed by atoms with Crippen LogP contribution in [0.5, 0.6) is 0 Å². The molecule has 14 heavy (non-hydrogen) atoms. The van der Waals surface area contributed by atoms with Crippen LogP contribution in [-0.4, -0.2) is 0 Å². The summed E-state index contributed by atoms with van der Waals surface area (Å²) in [5, 5.41) is 0. The van der Waals surface area contributed by atoms with Crippen molar-refractivity contribution in [1.82, 2.24) is 0 Å². The molecule has 0 unspecified atom stereocenters. The van der Waals surface area contributed by atoms with Crippen LogP contribution < -0.4 is 0 Å². The second-order valence-corrected chi connectivity index (χ2v) is 3.19. The van der Waals surface area contributed by atoms with Crippen molar-refractivity contribution >= 4 is 5.57 Å². The van der Waals surface area contributed by atoms with Gasteiger partial charge < -0.3 is 0 Å². The predicted molar refractivity (Wildman–Crippen MR) is 58.5 cm³/mol. The zero-order valence-electron chi connectivity index (χ0n) is 8.93. The Morgan fingerprint density at radius 3 is 2.50 bits per heavy atom. The van der Waals surface area contributed by atoms with E-state index in [2.05, 4.69) is 44.4 Å². The summed E-state index contributed by atoms with van der Waals surface area (Å²) in [5.41, 5.74) is 4.61. The fourth-order valence-corrected chi connectivity index (χ4v) is 1.32. The summed E-state index contributed by atoms with van der Waals surface area (Å²) >= 11 is 0. The van der Waals surface area contributed by atoms with E-state index in [4.69, 9.17) is 0 Å². The monoisotopic (exact) mass is 260 g/mol. The molecule has 1 aromatic carbocycles. The number of aryl methyl sites for hydroxylation is 1. The Balaban J connectivity index is 0.00000169. The summed E-state index contributed by atoms with van der Waals surface area (Å²) in [5.74, 6) is 0. The molecule has 0 spiro atoms. The molecule has 0 N–H and O–H groups in total. The van der Waals surface area contributed by atoms with Crippen LogP contribution in [0.1, 0.15) is 30.5 Å². The molecule has 0 aliphatic rings. The zero-order chi connectivity index (χ0) is 9.84. The van der Waals surface area contributed by atoms with Crippen LogP contribution in [-0.2, 0) is 39.1 Å². The van der Waals surface area contributed by atoms with Gasteiger partial charge in [0.05, 0.1) is 0 Å². The van der Waals surface area contributed by atoms with E-state index < -0.39 is 0 Å². The van der Waals surface area contributed by atoms with E-state index in [-0.39, 0.29) is 32.7 Å². The van der Waals surface area contributed by atoms with Gasteiger partial charge in [-0.05, 0) is 6.42 Å². The van der Waals surface area contributed by atoms with Gasteiger partial charge in [-0.3, -0.25) is 0 Å². The van der Waals surface area contributed by atoms with Gasteiger partial charge in [-0.2, -0.15) is 24.3 Å². The molecule has 0 aliphatic heterocycles. The van der Waals surface area contributed by atoms with Gasteiger partial charge in [-0.25, -0.2) is 0 Å². The van der Waals surface area contributed by atoms with Gasteiger partial charge in [-0.15, -0.1) is 29.8 Å². The number of rotatable bonds is 3. The van der Waals surface area contributed by atoms with Crippen molar-refractivity contribution in [3.8, 4) is 0 Å². The smallest absolute Gasteiger partial charge is 0 e. The number of allylic oxidation sites excluding steroid dienone is 1. The number of hydrogen-bond acceptors (Lipinski definition) is 0. The molecule has 0 aromatic heterocycles. The van der Waals surface area contributed by atoms with E-state index in [0.29, 0.717) is 0 Å². The van der Waals surface area contributed by atoms with Crippen molar-refractivity contribution < 1.29 is 32.7 Å². The summed E-state index contributed by atoms with van der Waals surface area (Å²) in [6, 6.07) is 6.33. The van der Waals surface area contributed by atoms with E-state index in [1.165, 1.54) is 5.56 Å². The first-order valence-electron chi connectivity index (χ1n) is 4.51. The van der Waals surface area contributed by atoms with E-state index >= 15 is 0 Å². The molecule has 0 aliphatic carbocycles. The molecule has 0 bridgehead atoms. The van der Waals surface area contributed by atoms with Gasteiger partial charge in [0, 0.05) is 32.7 Å². The van der Waals surface area contributed by atoms with E-state index in [9.17, 15) is 0 Å². The predicted octanol–water partition coefficient (Wildman–Crippen LogP) is 3.62.